The number of carbonyl (C=O) groups is 3. The summed E-state index contributed by atoms with van der Waals surface area (Å²) >= 11 is 7.82. The van der Waals surface area contributed by atoms with E-state index in [0.29, 0.717) is 19.0 Å². The fourth-order valence-corrected chi connectivity index (χ4v) is 2.03. The number of hydrogen-bond acceptors (Lipinski definition) is 11. The first-order chi connectivity index (χ1) is 13.5. The first kappa shape index (κ1) is 26.9. The Morgan fingerprint density at radius 2 is 1.46 bits per heavy atom. The molecule has 0 saturated heterocycles. The number of hydrogen-bond donors (Lipinski definition) is 3. The van der Waals surface area contributed by atoms with Crippen LogP contribution in [0, 0.1) is 0 Å². The van der Waals surface area contributed by atoms with E-state index in [4.69, 9.17) is 24.1 Å². The van der Waals surface area contributed by atoms with Gasteiger partial charge in [0.25, 0.3) is 0 Å². The molecule has 11 heteroatoms. The van der Waals surface area contributed by atoms with Gasteiger partial charge >= 0.3 is 17.9 Å². The van der Waals surface area contributed by atoms with Gasteiger partial charge in [0, 0.05) is 11.5 Å². The third kappa shape index (κ3) is 14.0. The summed E-state index contributed by atoms with van der Waals surface area (Å²) in [5.41, 5.74) is -0.155. The Hall–Kier alpha value is -1.11. The molecule has 0 spiro atoms. The predicted molar refractivity (Wildman–Crippen MR) is 107 cm³/mol. The van der Waals surface area contributed by atoms with Crippen molar-refractivity contribution in [3.63, 3.8) is 0 Å². The SMILES string of the molecule is C=C(C(=O)OC(=O)CCS)C(COC(=O)CCS)OCCOCCOCCO. The van der Waals surface area contributed by atoms with Crippen LogP contribution in [0.25, 0.3) is 0 Å². The molecule has 1 N–H and O–H groups in total. The number of ether oxygens (including phenoxy) is 5. The highest BCUT2D eigenvalue weighted by molar-refractivity contribution is 7.80. The standard InChI is InChI=1S/C17H28O9S2/c1-13(17(21)26-16(20)3-11-28)14(12-25-15(19)2-10-27)24-9-8-23-7-6-22-5-4-18/h14,18,27-28H,1-12H2. The molecule has 1 atom stereocenters. The summed E-state index contributed by atoms with van der Waals surface area (Å²) < 4.78 is 25.5. The summed E-state index contributed by atoms with van der Waals surface area (Å²) in [5, 5.41) is 8.58. The highest BCUT2D eigenvalue weighted by atomic mass is 32.1. The topological polar surface area (TPSA) is 118 Å². The second-order valence-corrected chi connectivity index (χ2v) is 6.12. The molecule has 0 aliphatic heterocycles. The molecule has 0 rings (SSSR count). The van der Waals surface area contributed by atoms with E-state index in [-0.39, 0.29) is 57.2 Å². The van der Waals surface area contributed by atoms with Crippen molar-refractivity contribution in [1.29, 1.82) is 0 Å². The van der Waals surface area contributed by atoms with Crippen LogP contribution in [-0.4, -0.2) is 86.9 Å². The third-order valence-corrected chi connectivity index (χ3v) is 3.49. The highest BCUT2D eigenvalue weighted by Gasteiger charge is 2.24. The summed E-state index contributed by atoms with van der Waals surface area (Å²) in [5.74, 6) is -1.65. The lowest BCUT2D eigenvalue weighted by Crippen LogP contribution is -2.30. The van der Waals surface area contributed by atoms with Crippen molar-refractivity contribution in [3.8, 4) is 0 Å². The predicted octanol–water partition coefficient (Wildman–Crippen LogP) is 0.206. The molecule has 0 aromatic carbocycles. The molecule has 162 valence electrons. The fourth-order valence-electron chi connectivity index (χ4n) is 1.66. The Morgan fingerprint density at radius 1 is 0.893 bits per heavy atom. The van der Waals surface area contributed by atoms with Gasteiger partial charge in [0.05, 0.1) is 58.1 Å². The minimum atomic E-state index is -0.991. The number of esters is 3. The van der Waals surface area contributed by atoms with Crippen molar-refractivity contribution < 1.29 is 43.2 Å². The number of carbonyl (C=O) groups excluding carboxylic acids is 3. The summed E-state index contributed by atoms with van der Waals surface area (Å²) in [4.78, 5) is 34.9. The largest absolute Gasteiger partial charge is 0.463 e. The van der Waals surface area contributed by atoms with Gasteiger partial charge in [0.15, 0.2) is 0 Å². The number of aliphatic hydroxyl groups excluding tert-OH is 1. The average Bonchev–Trinajstić information content (AvgIpc) is 2.66. The maximum Gasteiger partial charge on any atom is 0.343 e. The van der Waals surface area contributed by atoms with Crippen LogP contribution in [0.2, 0.25) is 0 Å². The quantitative estimate of drug-likeness (QED) is 0.0959. The van der Waals surface area contributed by atoms with Gasteiger partial charge in [-0.1, -0.05) is 6.58 Å². The summed E-state index contributed by atoms with van der Waals surface area (Å²) in [6.07, 6.45) is -0.921. The van der Waals surface area contributed by atoms with Gasteiger partial charge in [-0.15, -0.1) is 0 Å². The van der Waals surface area contributed by atoms with Gasteiger partial charge in [-0.25, -0.2) is 4.79 Å². The average molecular weight is 441 g/mol. The maximum absolute atomic E-state index is 12.0. The molecule has 0 fully saturated rings. The molecule has 0 aliphatic rings. The van der Waals surface area contributed by atoms with E-state index in [9.17, 15) is 14.4 Å². The second-order valence-electron chi connectivity index (χ2n) is 5.22. The van der Waals surface area contributed by atoms with Crippen LogP contribution in [0.5, 0.6) is 0 Å². The van der Waals surface area contributed by atoms with Gasteiger partial charge < -0.3 is 28.8 Å². The lowest BCUT2D eigenvalue weighted by atomic mass is 10.2. The zero-order valence-corrected chi connectivity index (χ0v) is 17.5. The Bertz CT molecular complexity index is 485. The maximum atomic E-state index is 12.0. The third-order valence-electron chi connectivity index (χ3n) is 3.04. The molecule has 0 bridgehead atoms. The minimum absolute atomic E-state index is 0.0310. The van der Waals surface area contributed by atoms with Crippen molar-refractivity contribution >= 4 is 43.2 Å². The van der Waals surface area contributed by atoms with E-state index >= 15 is 0 Å². The van der Waals surface area contributed by atoms with Gasteiger partial charge in [-0.05, 0) is 0 Å². The van der Waals surface area contributed by atoms with Crippen LogP contribution >= 0.6 is 25.3 Å². The van der Waals surface area contributed by atoms with Crippen molar-refractivity contribution in [1.82, 2.24) is 0 Å². The van der Waals surface area contributed by atoms with Gasteiger partial charge in [-0.2, -0.15) is 25.3 Å². The zero-order valence-electron chi connectivity index (χ0n) is 15.7. The lowest BCUT2D eigenvalue weighted by molar-refractivity contribution is -0.159. The summed E-state index contributed by atoms with van der Waals surface area (Å²) in [6, 6.07) is 0. The normalized spacial score (nSPS) is 11.7. The van der Waals surface area contributed by atoms with E-state index in [1.807, 2.05) is 0 Å². The molecule has 0 aliphatic carbocycles. The number of rotatable bonds is 17. The molecule has 0 aromatic heterocycles. The van der Waals surface area contributed by atoms with Crippen LogP contribution in [0.1, 0.15) is 12.8 Å². The van der Waals surface area contributed by atoms with Crippen molar-refractivity contribution in [2.45, 2.75) is 18.9 Å². The number of aliphatic hydroxyl groups is 1. The summed E-state index contributed by atoms with van der Waals surface area (Å²) in [7, 11) is 0. The summed E-state index contributed by atoms with van der Waals surface area (Å²) in [6.45, 7) is 4.36. The Balaban J connectivity index is 4.47. The second kappa shape index (κ2) is 18.0. The molecule has 0 saturated carbocycles. The number of thiol groups is 2. The van der Waals surface area contributed by atoms with Gasteiger partial charge in [0.1, 0.15) is 12.7 Å². The van der Waals surface area contributed by atoms with Crippen LogP contribution < -0.4 is 0 Å². The lowest BCUT2D eigenvalue weighted by Gasteiger charge is -2.19. The van der Waals surface area contributed by atoms with Gasteiger partial charge in [0.2, 0.25) is 0 Å². The fraction of sp³-hybridized carbons (Fsp3) is 0.706. The first-order valence-corrected chi connectivity index (χ1v) is 9.91. The first-order valence-electron chi connectivity index (χ1n) is 8.65. The van der Waals surface area contributed by atoms with Crippen LogP contribution in [-0.2, 0) is 38.1 Å². The zero-order chi connectivity index (χ0) is 21.2. The van der Waals surface area contributed by atoms with E-state index in [2.05, 4.69) is 36.6 Å². The van der Waals surface area contributed by atoms with Crippen LogP contribution in [0.4, 0.5) is 0 Å². The molecule has 0 radical (unpaired) electrons. The van der Waals surface area contributed by atoms with Gasteiger partial charge in [-0.3, -0.25) is 9.59 Å². The van der Waals surface area contributed by atoms with E-state index in [0.717, 1.165) is 0 Å². The smallest absolute Gasteiger partial charge is 0.343 e. The van der Waals surface area contributed by atoms with Crippen molar-refractivity contribution in [3.05, 3.63) is 12.2 Å². The highest BCUT2D eigenvalue weighted by Crippen LogP contribution is 2.10. The van der Waals surface area contributed by atoms with Crippen LogP contribution in [0.3, 0.4) is 0 Å². The molecule has 0 heterocycles. The molecule has 28 heavy (non-hydrogen) atoms. The van der Waals surface area contributed by atoms with E-state index < -0.39 is 24.0 Å². The Kier molecular flexibility index (Phi) is 17.2. The molecule has 1 unspecified atom stereocenters. The van der Waals surface area contributed by atoms with E-state index in [1.54, 1.807) is 0 Å². The van der Waals surface area contributed by atoms with Crippen molar-refractivity contribution in [2.75, 3.05) is 57.8 Å². The minimum Gasteiger partial charge on any atom is -0.463 e. The molecule has 9 nitrogen and oxygen atoms in total. The van der Waals surface area contributed by atoms with Crippen molar-refractivity contribution in [2.24, 2.45) is 0 Å². The monoisotopic (exact) mass is 440 g/mol. The van der Waals surface area contributed by atoms with Crippen LogP contribution in [0.15, 0.2) is 12.2 Å². The molecular weight excluding hydrogens is 412 g/mol. The Morgan fingerprint density at radius 3 is 2.07 bits per heavy atom. The van der Waals surface area contributed by atoms with E-state index in [1.165, 1.54) is 0 Å². The Labute approximate surface area is 175 Å². The molecule has 0 aromatic rings. The molecular formula is C17H28O9S2. The molecule has 0 amide bonds.